The molecule has 330 valence electrons. The van der Waals surface area contributed by atoms with Gasteiger partial charge in [-0.05, 0) is 108 Å². The van der Waals surface area contributed by atoms with Crippen LogP contribution in [0.4, 0.5) is 0 Å². The van der Waals surface area contributed by atoms with Crippen LogP contribution in [0.15, 0.2) is 146 Å². The molecule has 0 spiro atoms. The van der Waals surface area contributed by atoms with Crippen molar-refractivity contribution in [3.63, 3.8) is 0 Å². The summed E-state index contributed by atoms with van der Waals surface area (Å²) in [5.41, 5.74) is 0.464. The summed E-state index contributed by atoms with van der Waals surface area (Å²) in [4.78, 5) is 34.4. The molecule has 0 aliphatic carbocycles. The van der Waals surface area contributed by atoms with Crippen molar-refractivity contribution in [2.24, 2.45) is 10.8 Å². The number of aldehydes is 1. The average Bonchev–Trinajstić information content (AvgIpc) is 3.24. The summed E-state index contributed by atoms with van der Waals surface area (Å²) < 4.78 is 10.4. The zero-order valence-corrected chi connectivity index (χ0v) is 44.1. The van der Waals surface area contributed by atoms with E-state index in [4.69, 9.17) is 55.9 Å². The van der Waals surface area contributed by atoms with E-state index in [1.165, 1.54) is 15.9 Å². The van der Waals surface area contributed by atoms with Crippen LogP contribution < -0.4 is 62.5 Å². The molecule has 0 radical (unpaired) electrons. The topological polar surface area (TPSA) is 99.7 Å². The number of esters is 2. The molecule has 0 aliphatic heterocycles. The first-order chi connectivity index (χ1) is 28.2. The van der Waals surface area contributed by atoms with E-state index in [1.54, 1.807) is 24.3 Å². The van der Waals surface area contributed by atoms with Crippen LogP contribution in [0.1, 0.15) is 70.3 Å². The van der Waals surface area contributed by atoms with Gasteiger partial charge in [-0.25, -0.2) is 0 Å². The summed E-state index contributed by atoms with van der Waals surface area (Å²) in [5, 5.41) is 5.45. The number of alkyl halides is 2. The molecule has 0 atom stereocenters. The fourth-order valence-corrected chi connectivity index (χ4v) is 10.8. The Hall–Kier alpha value is -2.52. The van der Waals surface area contributed by atoms with Crippen LogP contribution in [0.3, 0.4) is 0 Å². The molecule has 5 rings (SSSR count). The van der Waals surface area contributed by atoms with Gasteiger partial charge >= 0.3 is 41.5 Å². The van der Waals surface area contributed by atoms with E-state index in [2.05, 4.69) is 91.0 Å². The quantitative estimate of drug-likeness (QED) is 0.0404. The molecule has 0 saturated heterocycles. The summed E-state index contributed by atoms with van der Waals surface area (Å²) in [5.74, 6) is -0.291. The predicted molar refractivity (Wildman–Crippen MR) is 256 cm³/mol. The Kier molecular flexibility index (Phi) is 32.8. The van der Waals surface area contributed by atoms with Gasteiger partial charge in [0.1, 0.15) is 23.2 Å². The SMILES string of the molecule is CCOC(=O)C(C)(C)C/C=C/c1ccccc1Cl.CCOC(=O)C(C)(C)CC[P+](c1ccccc1)(c1ccccc1)c1ccccc1.ClCCl.O=Cc1ccccc1Cl.[Br-].[Na+].[OH-]. The molecule has 0 saturated carbocycles. The number of ether oxygens (including phenoxy) is 2. The zero-order chi connectivity index (χ0) is 43.7. The van der Waals surface area contributed by atoms with Crippen LogP contribution in [-0.2, 0) is 19.1 Å². The largest absolute Gasteiger partial charge is 1.00 e. The van der Waals surface area contributed by atoms with Gasteiger partial charge in [0.05, 0.1) is 40.6 Å². The number of halogens is 5. The molecule has 1 N–H and O–H groups in total. The Labute approximate surface area is 422 Å². The molecule has 6 nitrogen and oxygen atoms in total. The van der Waals surface area contributed by atoms with Crippen molar-refractivity contribution in [2.45, 2.75) is 54.4 Å². The van der Waals surface area contributed by atoms with E-state index >= 15 is 0 Å². The van der Waals surface area contributed by atoms with Gasteiger partial charge in [0.15, 0.2) is 6.29 Å². The molecule has 0 heterocycles. The van der Waals surface area contributed by atoms with E-state index < -0.39 is 18.1 Å². The van der Waals surface area contributed by atoms with Crippen molar-refractivity contribution < 1.29 is 75.9 Å². The summed E-state index contributed by atoms with van der Waals surface area (Å²) in [7, 11) is -1.92. The molecule has 0 fully saturated rings. The average molecular weight is 1020 g/mol. The first-order valence-corrected chi connectivity index (χ1v) is 23.2. The number of carbonyl (C=O) groups is 3. The number of hydrogen-bond acceptors (Lipinski definition) is 6. The minimum Gasteiger partial charge on any atom is -1.00 e. The van der Waals surface area contributed by atoms with Crippen LogP contribution in [0.5, 0.6) is 0 Å². The second-order valence-corrected chi connectivity index (χ2v) is 19.6. The molecule has 62 heavy (non-hydrogen) atoms. The van der Waals surface area contributed by atoms with Crippen LogP contribution in [0.2, 0.25) is 10.0 Å². The Morgan fingerprint density at radius 1 is 0.597 bits per heavy atom. The molecule has 13 heteroatoms. The summed E-state index contributed by atoms with van der Waals surface area (Å²) >= 11 is 21.2. The summed E-state index contributed by atoms with van der Waals surface area (Å²) in [6.45, 7) is 12.3. The zero-order valence-electron chi connectivity index (χ0n) is 36.6. The standard InChI is InChI=1S/C26H30O2P.C15H19ClO2.C7H5ClO.CH2Cl2.BrH.Na.H2O/c1-4-28-25(27)26(2,3)20-21-29(22-14-8-5-9-15-22,23-16-10-6-11-17-23)24-18-12-7-13-19-24;1-4-18-14(17)15(2,3)11-7-9-12-8-5-6-10-13(12)16;8-7-4-2-1-3-6(7)5-9;2-1-3;;;/h5-19H,4,20-21H2,1-3H3;5-10H,4,11H2,1-3H3;1-5H;1H2;1H;;1H2/q+1;;;;;+1;/p-2/b;9-7+;;;;;. The van der Waals surface area contributed by atoms with Crippen LogP contribution in [0, 0.1) is 10.8 Å². The van der Waals surface area contributed by atoms with E-state index in [-0.39, 0.29) is 69.3 Å². The van der Waals surface area contributed by atoms with Gasteiger partial charge in [-0.15, -0.1) is 23.2 Å². The van der Waals surface area contributed by atoms with Gasteiger partial charge < -0.3 is 31.9 Å². The maximum Gasteiger partial charge on any atom is 1.00 e. The number of carbonyl (C=O) groups excluding carboxylic acids is 3. The minimum atomic E-state index is -1.92. The van der Waals surface area contributed by atoms with E-state index in [1.807, 2.05) is 78.0 Å². The van der Waals surface area contributed by atoms with E-state index in [9.17, 15) is 14.4 Å². The van der Waals surface area contributed by atoms with Crippen molar-refractivity contribution in [3.8, 4) is 0 Å². The third-order valence-electron chi connectivity index (χ3n) is 9.18. The Morgan fingerprint density at radius 2 is 0.935 bits per heavy atom. The first-order valence-electron chi connectivity index (χ1n) is 19.4. The smallest absolute Gasteiger partial charge is 1.00 e. The fraction of sp³-hybridized carbons (Fsp3) is 0.286. The number of benzene rings is 5. The summed E-state index contributed by atoms with van der Waals surface area (Å²) in [6, 6.07) is 46.9. The van der Waals surface area contributed by atoms with Crippen LogP contribution in [-0.4, -0.2) is 48.4 Å². The van der Waals surface area contributed by atoms with E-state index in [0.717, 1.165) is 24.4 Å². The van der Waals surface area contributed by atoms with Crippen molar-refractivity contribution in [3.05, 3.63) is 167 Å². The molecule has 0 bridgehead atoms. The number of allylic oxidation sites excluding steroid dienone is 1. The maximum absolute atomic E-state index is 12.6. The molecule has 5 aromatic rings. The summed E-state index contributed by atoms with van der Waals surface area (Å²) in [6.07, 6.45) is 6.93. The molecule has 0 unspecified atom stereocenters. The third-order valence-corrected chi connectivity index (χ3v) is 14.3. The molecular formula is C49H57BrCl4NaO6P. The van der Waals surface area contributed by atoms with Gasteiger partial charge in [-0.3, -0.25) is 14.4 Å². The van der Waals surface area contributed by atoms with Gasteiger partial charge in [0, 0.05) is 10.6 Å². The Balaban J connectivity index is 0. The molecule has 0 aromatic heterocycles. The molecule has 0 amide bonds. The van der Waals surface area contributed by atoms with Crippen molar-refractivity contribution >= 4 is 93.9 Å². The normalized spacial score (nSPS) is 10.5. The second-order valence-electron chi connectivity index (χ2n) is 14.4. The molecule has 5 aromatic carbocycles. The van der Waals surface area contributed by atoms with Gasteiger partial charge in [-0.2, -0.15) is 0 Å². The number of hydrogen-bond donors (Lipinski definition) is 0. The van der Waals surface area contributed by atoms with Crippen molar-refractivity contribution in [1.29, 1.82) is 0 Å². The third kappa shape index (κ3) is 20.1. The second kappa shape index (κ2) is 33.0. The molecule has 0 aliphatic rings. The molecular weight excluding hydrogens is 960 g/mol. The first kappa shape index (κ1) is 61.6. The van der Waals surface area contributed by atoms with E-state index in [0.29, 0.717) is 35.2 Å². The van der Waals surface area contributed by atoms with Crippen molar-refractivity contribution in [2.75, 3.05) is 24.7 Å². The van der Waals surface area contributed by atoms with Gasteiger partial charge in [-0.1, -0.05) is 126 Å². The monoisotopic (exact) mass is 1010 g/mol. The van der Waals surface area contributed by atoms with Crippen LogP contribution in [0.25, 0.3) is 6.08 Å². The predicted octanol–water partition coefficient (Wildman–Crippen LogP) is 6.70. The van der Waals surface area contributed by atoms with Gasteiger partial charge in [0.2, 0.25) is 0 Å². The Morgan fingerprint density at radius 3 is 1.27 bits per heavy atom. The Bertz CT molecular complexity index is 1930. The number of rotatable bonds is 14. The fourth-order valence-electron chi connectivity index (χ4n) is 5.83. The minimum absolute atomic E-state index is 0. The van der Waals surface area contributed by atoms with Crippen LogP contribution >= 0.6 is 53.7 Å². The van der Waals surface area contributed by atoms with Crippen molar-refractivity contribution in [1.82, 2.24) is 0 Å². The maximum atomic E-state index is 12.6. The van der Waals surface area contributed by atoms with Gasteiger partial charge in [0.25, 0.3) is 0 Å².